The fourth-order valence-electron chi connectivity index (χ4n) is 3.27. The standard InChI is InChI=1S/C22H28N2O3.ClH/c23-14-7-17-26-19-12-15-24(16-13-19)22(25)21(18-8-3-1-4-9-18)27-20-10-5-2-6-11-20;/h1-6,8-11,19,21H,7,12-17,23H2;1H. The normalized spacial score (nSPS) is 15.5. The van der Waals surface area contributed by atoms with Gasteiger partial charge in [0.05, 0.1) is 6.10 Å². The Morgan fingerprint density at radius 2 is 1.64 bits per heavy atom. The highest BCUT2D eigenvalue weighted by atomic mass is 35.5. The molecule has 0 aliphatic carbocycles. The molecule has 3 rings (SSSR count). The lowest BCUT2D eigenvalue weighted by Gasteiger charge is -2.34. The molecule has 0 aromatic heterocycles. The topological polar surface area (TPSA) is 64.8 Å². The zero-order chi connectivity index (χ0) is 18.9. The third-order valence-corrected chi connectivity index (χ3v) is 4.78. The van der Waals surface area contributed by atoms with E-state index in [0.29, 0.717) is 32.0 Å². The molecule has 0 bridgehead atoms. The zero-order valence-corrected chi connectivity index (χ0v) is 16.9. The summed E-state index contributed by atoms with van der Waals surface area (Å²) < 4.78 is 11.9. The molecule has 0 saturated carbocycles. The van der Waals surface area contributed by atoms with Gasteiger partial charge < -0.3 is 20.1 Å². The number of rotatable bonds is 8. The van der Waals surface area contributed by atoms with Crippen LogP contribution < -0.4 is 10.5 Å². The van der Waals surface area contributed by atoms with Gasteiger partial charge in [0.1, 0.15) is 5.75 Å². The summed E-state index contributed by atoms with van der Waals surface area (Å²) in [4.78, 5) is 15.1. The molecule has 1 atom stereocenters. The summed E-state index contributed by atoms with van der Waals surface area (Å²) in [5.74, 6) is 0.699. The van der Waals surface area contributed by atoms with Crippen molar-refractivity contribution in [3.8, 4) is 5.75 Å². The van der Waals surface area contributed by atoms with Gasteiger partial charge in [0.15, 0.2) is 0 Å². The number of piperidine rings is 1. The molecule has 6 heteroatoms. The molecule has 2 aromatic carbocycles. The lowest BCUT2D eigenvalue weighted by Crippen LogP contribution is -2.44. The second-order valence-corrected chi connectivity index (χ2v) is 6.76. The molecule has 1 saturated heterocycles. The summed E-state index contributed by atoms with van der Waals surface area (Å²) in [5, 5.41) is 0. The first kappa shape index (κ1) is 22.2. The Labute approximate surface area is 173 Å². The number of ether oxygens (including phenoxy) is 2. The van der Waals surface area contributed by atoms with Crippen molar-refractivity contribution in [2.45, 2.75) is 31.5 Å². The Balaban J connectivity index is 0.00000280. The van der Waals surface area contributed by atoms with Gasteiger partial charge in [-0.3, -0.25) is 4.79 Å². The quantitative estimate of drug-likeness (QED) is 0.683. The Morgan fingerprint density at radius 3 is 2.25 bits per heavy atom. The minimum Gasteiger partial charge on any atom is -0.476 e. The minimum absolute atomic E-state index is 0. The number of amides is 1. The van der Waals surface area contributed by atoms with Crippen molar-refractivity contribution in [2.24, 2.45) is 5.73 Å². The zero-order valence-electron chi connectivity index (χ0n) is 16.0. The number of carbonyl (C=O) groups is 1. The fourth-order valence-corrected chi connectivity index (χ4v) is 3.27. The Morgan fingerprint density at radius 1 is 1.04 bits per heavy atom. The molecule has 1 aliphatic heterocycles. The van der Waals surface area contributed by atoms with E-state index in [-0.39, 0.29) is 24.4 Å². The van der Waals surface area contributed by atoms with E-state index < -0.39 is 6.10 Å². The maximum absolute atomic E-state index is 13.2. The van der Waals surface area contributed by atoms with Crippen molar-refractivity contribution >= 4 is 18.3 Å². The van der Waals surface area contributed by atoms with Crippen LogP contribution in [0.15, 0.2) is 60.7 Å². The van der Waals surface area contributed by atoms with Crippen LogP contribution in [0.5, 0.6) is 5.75 Å². The van der Waals surface area contributed by atoms with Crippen molar-refractivity contribution in [2.75, 3.05) is 26.2 Å². The number of hydrogen-bond acceptors (Lipinski definition) is 4. The van der Waals surface area contributed by atoms with E-state index in [0.717, 1.165) is 24.8 Å². The SMILES string of the molecule is Cl.NCCCOC1CCN(C(=O)C(Oc2ccccc2)c2ccccc2)CC1. The lowest BCUT2D eigenvalue weighted by molar-refractivity contribution is -0.141. The van der Waals surface area contributed by atoms with E-state index in [1.807, 2.05) is 65.6 Å². The van der Waals surface area contributed by atoms with Gasteiger partial charge in [-0.1, -0.05) is 48.5 Å². The highest BCUT2D eigenvalue weighted by Gasteiger charge is 2.31. The van der Waals surface area contributed by atoms with Crippen LogP contribution in [0.4, 0.5) is 0 Å². The van der Waals surface area contributed by atoms with Crippen LogP contribution in [0, 0.1) is 0 Å². The van der Waals surface area contributed by atoms with Gasteiger partial charge in [-0.05, 0) is 37.9 Å². The smallest absolute Gasteiger partial charge is 0.268 e. The first-order valence-electron chi connectivity index (χ1n) is 9.65. The van der Waals surface area contributed by atoms with Crippen LogP contribution in [0.1, 0.15) is 30.9 Å². The van der Waals surface area contributed by atoms with E-state index in [1.165, 1.54) is 0 Å². The van der Waals surface area contributed by atoms with E-state index in [9.17, 15) is 4.79 Å². The molecule has 0 spiro atoms. The van der Waals surface area contributed by atoms with Crippen LogP contribution in [0.3, 0.4) is 0 Å². The largest absolute Gasteiger partial charge is 0.476 e. The summed E-state index contributed by atoms with van der Waals surface area (Å²) in [7, 11) is 0. The summed E-state index contributed by atoms with van der Waals surface area (Å²) in [6.07, 6.45) is 2.15. The van der Waals surface area contributed by atoms with Gasteiger partial charge in [-0.2, -0.15) is 0 Å². The van der Waals surface area contributed by atoms with Gasteiger partial charge in [0.2, 0.25) is 6.10 Å². The molecule has 1 unspecified atom stereocenters. The second kappa shape index (κ2) is 11.7. The third kappa shape index (κ3) is 6.23. The number of para-hydroxylation sites is 1. The van der Waals surface area contributed by atoms with E-state index in [2.05, 4.69) is 0 Å². The maximum atomic E-state index is 13.2. The Bertz CT molecular complexity index is 691. The first-order chi connectivity index (χ1) is 13.3. The van der Waals surface area contributed by atoms with Crippen LogP contribution in [-0.4, -0.2) is 43.2 Å². The van der Waals surface area contributed by atoms with Gasteiger partial charge in [-0.25, -0.2) is 0 Å². The number of benzene rings is 2. The summed E-state index contributed by atoms with van der Waals surface area (Å²) in [6, 6.07) is 19.2. The molecule has 1 fully saturated rings. The second-order valence-electron chi connectivity index (χ2n) is 6.76. The number of carbonyl (C=O) groups excluding carboxylic acids is 1. The molecule has 2 aromatic rings. The van der Waals surface area contributed by atoms with Gasteiger partial charge in [0, 0.05) is 25.3 Å². The predicted octanol–water partition coefficient (Wildman–Crippen LogP) is 3.58. The average molecular weight is 405 g/mol. The molecular formula is C22H29ClN2O3. The van der Waals surface area contributed by atoms with Crippen LogP contribution >= 0.6 is 12.4 Å². The molecule has 1 heterocycles. The molecular weight excluding hydrogens is 376 g/mol. The number of nitrogens with two attached hydrogens (primary N) is 1. The molecule has 1 aliphatic rings. The Kier molecular flexibility index (Phi) is 9.28. The highest BCUT2D eigenvalue weighted by Crippen LogP contribution is 2.26. The minimum atomic E-state index is -0.636. The molecule has 1 amide bonds. The van der Waals surface area contributed by atoms with Crippen LogP contribution in [0.25, 0.3) is 0 Å². The monoisotopic (exact) mass is 404 g/mol. The van der Waals surface area contributed by atoms with Crippen molar-refractivity contribution in [1.82, 2.24) is 4.90 Å². The fraction of sp³-hybridized carbons (Fsp3) is 0.409. The number of halogens is 1. The van der Waals surface area contributed by atoms with Crippen molar-refractivity contribution in [3.05, 3.63) is 66.2 Å². The molecule has 0 radical (unpaired) electrons. The molecule has 152 valence electrons. The number of hydrogen-bond donors (Lipinski definition) is 1. The number of likely N-dealkylation sites (tertiary alicyclic amines) is 1. The molecule has 5 nitrogen and oxygen atoms in total. The molecule has 2 N–H and O–H groups in total. The Hall–Kier alpha value is -2.08. The van der Waals surface area contributed by atoms with E-state index in [1.54, 1.807) is 0 Å². The van der Waals surface area contributed by atoms with Crippen molar-refractivity contribution in [3.63, 3.8) is 0 Å². The number of nitrogens with zero attached hydrogens (tertiary/aromatic N) is 1. The summed E-state index contributed by atoms with van der Waals surface area (Å²) >= 11 is 0. The van der Waals surface area contributed by atoms with E-state index in [4.69, 9.17) is 15.2 Å². The molecule has 28 heavy (non-hydrogen) atoms. The first-order valence-corrected chi connectivity index (χ1v) is 9.65. The summed E-state index contributed by atoms with van der Waals surface area (Å²) in [6.45, 7) is 2.72. The third-order valence-electron chi connectivity index (χ3n) is 4.78. The van der Waals surface area contributed by atoms with Crippen LogP contribution in [0.2, 0.25) is 0 Å². The average Bonchev–Trinajstić information content (AvgIpc) is 2.74. The van der Waals surface area contributed by atoms with Crippen molar-refractivity contribution in [1.29, 1.82) is 0 Å². The van der Waals surface area contributed by atoms with Gasteiger partial charge >= 0.3 is 0 Å². The van der Waals surface area contributed by atoms with E-state index >= 15 is 0 Å². The predicted molar refractivity (Wildman–Crippen MR) is 113 cm³/mol. The van der Waals surface area contributed by atoms with Gasteiger partial charge in [-0.15, -0.1) is 12.4 Å². The van der Waals surface area contributed by atoms with Crippen molar-refractivity contribution < 1.29 is 14.3 Å². The maximum Gasteiger partial charge on any atom is 0.268 e. The van der Waals surface area contributed by atoms with Crippen LogP contribution in [-0.2, 0) is 9.53 Å². The van der Waals surface area contributed by atoms with Gasteiger partial charge in [0.25, 0.3) is 5.91 Å². The lowest BCUT2D eigenvalue weighted by atomic mass is 10.0. The summed E-state index contributed by atoms with van der Waals surface area (Å²) in [5.41, 5.74) is 6.38. The highest BCUT2D eigenvalue weighted by molar-refractivity contribution is 5.85.